The predicted octanol–water partition coefficient (Wildman–Crippen LogP) is 2.36. The van der Waals surface area contributed by atoms with Crippen LogP contribution >= 0.6 is 0 Å². The first-order valence-electron chi connectivity index (χ1n) is 6.48. The molecule has 2 N–H and O–H groups in total. The highest BCUT2D eigenvalue weighted by Gasteiger charge is 2.08. The van der Waals surface area contributed by atoms with Gasteiger partial charge in [0.1, 0.15) is 5.82 Å². The number of carbonyl (C=O) groups excluding carboxylic acids is 1. The second-order valence-electron chi connectivity index (χ2n) is 4.58. The van der Waals surface area contributed by atoms with E-state index in [2.05, 4.69) is 15.3 Å². The predicted molar refractivity (Wildman–Crippen MR) is 78.4 cm³/mol. The summed E-state index contributed by atoms with van der Waals surface area (Å²) in [6.07, 6.45) is 0. The van der Waals surface area contributed by atoms with Crippen LogP contribution in [0.5, 0.6) is 0 Å². The van der Waals surface area contributed by atoms with Gasteiger partial charge >= 0.3 is 0 Å². The van der Waals surface area contributed by atoms with Crippen molar-refractivity contribution in [1.29, 1.82) is 5.26 Å². The number of nitriles is 1. The van der Waals surface area contributed by atoms with Crippen molar-refractivity contribution in [2.75, 3.05) is 0 Å². The van der Waals surface area contributed by atoms with Crippen molar-refractivity contribution in [1.82, 2.24) is 15.3 Å². The first kappa shape index (κ1) is 12.9. The molecule has 21 heavy (non-hydrogen) atoms. The number of aromatic nitrogens is 2. The molecule has 1 amide bonds. The number of carbonyl (C=O) groups is 1. The third-order valence-electron chi connectivity index (χ3n) is 3.11. The molecule has 1 heterocycles. The van der Waals surface area contributed by atoms with Crippen molar-refractivity contribution in [3.8, 4) is 6.07 Å². The Kier molecular flexibility index (Phi) is 3.36. The molecule has 0 bridgehead atoms. The molecular formula is C16H12N4O. The summed E-state index contributed by atoms with van der Waals surface area (Å²) in [6, 6.07) is 16.3. The maximum Gasteiger partial charge on any atom is 0.251 e. The number of hydrogen-bond acceptors (Lipinski definition) is 3. The molecule has 2 aromatic carbocycles. The van der Waals surface area contributed by atoms with Crippen molar-refractivity contribution in [3.05, 3.63) is 65.5 Å². The summed E-state index contributed by atoms with van der Waals surface area (Å²) in [5.41, 5.74) is 2.73. The molecule has 3 aromatic rings. The van der Waals surface area contributed by atoms with Gasteiger partial charge in [0.25, 0.3) is 5.91 Å². The molecule has 0 atom stereocenters. The van der Waals surface area contributed by atoms with E-state index in [1.54, 1.807) is 24.3 Å². The van der Waals surface area contributed by atoms with Gasteiger partial charge in [-0.05, 0) is 30.3 Å². The summed E-state index contributed by atoms with van der Waals surface area (Å²) in [6.45, 7) is 0.310. The fourth-order valence-electron chi connectivity index (χ4n) is 2.09. The molecule has 3 rings (SSSR count). The molecule has 0 aliphatic carbocycles. The van der Waals surface area contributed by atoms with Crippen LogP contribution in [0.25, 0.3) is 11.0 Å². The number of hydrogen-bond donors (Lipinski definition) is 2. The van der Waals surface area contributed by atoms with Crippen molar-refractivity contribution in [2.24, 2.45) is 0 Å². The summed E-state index contributed by atoms with van der Waals surface area (Å²) in [4.78, 5) is 19.6. The first-order chi connectivity index (χ1) is 10.3. The van der Waals surface area contributed by atoms with Crippen molar-refractivity contribution >= 4 is 16.9 Å². The minimum Gasteiger partial charge on any atom is -0.345 e. The molecule has 5 heteroatoms. The standard InChI is InChI=1S/C16H12N4O/c17-9-11-4-3-5-12(8-11)16(21)18-10-15-19-13-6-1-2-7-14(13)20-15/h1-8H,10H2,(H,18,21)(H,19,20). The van der Waals surface area contributed by atoms with Crippen molar-refractivity contribution < 1.29 is 4.79 Å². The maximum absolute atomic E-state index is 12.0. The molecule has 102 valence electrons. The molecule has 5 nitrogen and oxygen atoms in total. The highest BCUT2D eigenvalue weighted by Crippen LogP contribution is 2.10. The number of imidazole rings is 1. The van der Waals surface area contributed by atoms with Gasteiger partial charge in [0.05, 0.1) is 29.2 Å². The van der Waals surface area contributed by atoms with Crippen LogP contribution in [0, 0.1) is 11.3 Å². The fraction of sp³-hybridized carbons (Fsp3) is 0.0625. The molecule has 0 radical (unpaired) electrons. The monoisotopic (exact) mass is 276 g/mol. The van der Waals surface area contributed by atoms with Gasteiger partial charge in [0.15, 0.2) is 0 Å². The Bertz CT molecular complexity index is 812. The number of benzene rings is 2. The average Bonchev–Trinajstić information content (AvgIpc) is 2.95. The van der Waals surface area contributed by atoms with E-state index in [4.69, 9.17) is 5.26 Å². The Morgan fingerprint density at radius 2 is 2.10 bits per heavy atom. The smallest absolute Gasteiger partial charge is 0.251 e. The average molecular weight is 276 g/mol. The number of amides is 1. The summed E-state index contributed by atoms with van der Waals surface area (Å²) >= 11 is 0. The number of nitrogens with zero attached hydrogens (tertiary/aromatic N) is 2. The molecule has 0 saturated carbocycles. The zero-order valence-electron chi connectivity index (χ0n) is 11.1. The van der Waals surface area contributed by atoms with E-state index < -0.39 is 0 Å². The summed E-state index contributed by atoms with van der Waals surface area (Å²) in [7, 11) is 0. The zero-order valence-corrected chi connectivity index (χ0v) is 11.1. The van der Waals surface area contributed by atoms with E-state index >= 15 is 0 Å². The normalized spacial score (nSPS) is 10.2. The second kappa shape index (κ2) is 5.47. The number of fused-ring (bicyclic) bond motifs is 1. The Balaban J connectivity index is 1.72. The quantitative estimate of drug-likeness (QED) is 0.770. The van der Waals surface area contributed by atoms with Crippen LogP contribution in [0.2, 0.25) is 0 Å². The molecule has 0 aliphatic rings. The molecule has 0 spiro atoms. The van der Waals surface area contributed by atoms with Gasteiger partial charge in [0.2, 0.25) is 0 Å². The summed E-state index contributed by atoms with van der Waals surface area (Å²) in [5, 5.41) is 11.6. The van der Waals surface area contributed by atoms with E-state index in [0.29, 0.717) is 23.5 Å². The van der Waals surface area contributed by atoms with Crippen LogP contribution in [0.1, 0.15) is 21.7 Å². The van der Waals surface area contributed by atoms with Gasteiger partial charge in [0, 0.05) is 5.56 Å². The zero-order chi connectivity index (χ0) is 14.7. The van der Waals surface area contributed by atoms with E-state index in [1.165, 1.54) is 0 Å². The van der Waals surface area contributed by atoms with Crippen molar-refractivity contribution in [3.63, 3.8) is 0 Å². The first-order valence-corrected chi connectivity index (χ1v) is 6.48. The van der Waals surface area contributed by atoms with Crippen LogP contribution in [0.3, 0.4) is 0 Å². The lowest BCUT2D eigenvalue weighted by Crippen LogP contribution is -2.23. The number of H-pyrrole nitrogens is 1. The van der Waals surface area contributed by atoms with Crippen LogP contribution in [-0.2, 0) is 6.54 Å². The molecule has 0 unspecified atom stereocenters. The van der Waals surface area contributed by atoms with Gasteiger partial charge < -0.3 is 10.3 Å². The lowest BCUT2D eigenvalue weighted by Gasteiger charge is -2.03. The van der Waals surface area contributed by atoms with Gasteiger partial charge in [-0.3, -0.25) is 4.79 Å². The Labute approximate surface area is 121 Å². The van der Waals surface area contributed by atoms with E-state index in [0.717, 1.165) is 11.0 Å². The SMILES string of the molecule is N#Cc1cccc(C(=O)NCc2nc3ccccc3[nH]2)c1. The number of nitrogens with one attached hydrogen (secondary N) is 2. The van der Waals surface area contributed by atoms with E-state index in [-0.39, 0.29) is 5.91 Å². The summed E-state index contributed by atoms with van der Waals surface area (Å²) < 4.78 is 0. The lowest BCUT2D eigenvalue weighted by molar-refractivity contribution is 0.0950. The van der Waals surface area contributed by atoms with Gasteiger partial charge in [-0.1, -0.05) is 18.2 Å². The fourth-order valence-corrected chi connectivity index (χ4v) is 2.09. The number of para-hydroxylation sites is 2. The number of rotatable bonds is 3. The topological polar surface area (TPSA) is 81.6 Å². The number of aromatic amines is 1. The molecule has 0 saturated heterocycles. The highest BCUT2D eigenvalue weighted by molar-refractivity contribution is 5.94. The third-order valence-corrected chi connectivity index (χ3v) is 3.11. The van der Waals surface area contributed by atoms with Crippen LogP contribution in [-0.4, -0.2) is 15.9 Å². The highest BCUT2D eigenvalue weighted by atomic mass is 16.1. The Morgan fingerprint density at radius 3 is 2.90 bits per heavy atom. The maximum atomic E-state index is 12.0. The van der Waals surface area contributed by atoms with E-state index in [9.17, 15) is 4.79 Å². The summed E-state index contributed by atoms with van der Waals surface area (Å²) in [5.74, 6) is 0.466. The van der Waals surface area contributed by atoms with Gasteiger partial charge in [-0.2, -0.15) is 5.26 Å². The second-order valence-corrected chi connectivity index (χ2v) is 4.58. The third kappa shape index (κ3) is 2.74. The Hall–Kier alpha value is -3.13. The van der Waals surface area contributed by atoms with Crippen LogP contribution in [0.15, 0.2) is 48.5 Å². The van der Waals surface area contributed by atoms with E-state index in [1.807, 2.05) is 30.3 Å². The largest absolute Gasteiger partial charge is 0.345 e. The molecular weight excluding hydrogens is 264 g/mol. The van der Waals surface area contributed by atoms with Gasteiger partial charge in [-0.25, -0.2) is 4.98 Å². The molecule has 1 aromatic heterocycles. The van der Waals surface area contributed by atoms with Crippen LogP contribution < -0.4 is 5.32 Å². The minimum atomic E-state index is -0.229. The molecule has 0 fully saturated rings. The molecule has 0 aliphatic heterocycles. The van der Waals surface area contributed by atoms with Crippen LogP contribution in [0.4, 0.5) is 0 Å². The minimum absolute atomic E-state index is 0.229. The van der Waals surface area contributed by atoms with Gasteiger partial charge in [-0.15, -0.1) is 0 Å². The lowest BCUT2D eigenvalue weighted by atomic mass is 10.1. The Morgan fingerprint density at radius 1 is 1.24 bits per heavy atom. The van der Waals surface area contributed by atoms with Crippen molar-refractivity contribution in [2.45, 2.75) is 6.54 Å².